The van der Waals surface area contributed by atoms with Gasteiger partial charge in [0.25, 0.3) is 5.91 Å². The van der Waals surface area contributed by atoms with Gasteiger partial charge in [-0.1, -0.05) is 0 Å². The molecule has 0 heterocycles. The van der Waals surface area contributed by atoms with Crippen LogP contribution in [0.5, 0.6) is 17.2 Å². The Balaban J connectivity index is 1.77. The minimum Gasteiger partial charge on any atom is -0.497 e. The number of esters is 1. The molecule has 2 rings (SSSR count). The van der Waals surface area contributed by atoms with Crippen molar-refractivity contribution in [1.82, 2.24) is 0 Å². The SMILES string of the molecule is COc1ccc(NC(=O)COC(=O)C(C)Oc2ccc(OC)cc2)cc1. The van der Waals surface area contributed by atoms with E-state index in [2.05, 4.69) is 5.32 Å². The van der Waals surface area contributed by atoms with Gasteiger partial charge in [0.05, 0.1) is 14.2 Å². The van der Waals surface area contributed by atoms with Crippen molar-refractivity contribution in [2.24, 2.45) is 0 Å². The zero-order valence-corrected chi connectivity index (χ0v) is 14.9. The summed E-state index contributed by atoms with van der Waals surface area (Å²) in [5.41, 5.74) is 0.578. The monoisotopic (exact) mass is 359 g/mol. The van der Waals surface area contributed by atoms with Crippen LogP contribution in [0.2, 0.25) is 0 Å². The molecule has 0 saturated heterocycles. The third-order valence-corrected chi connectivity index (χ3v) is 3.42. The second-order valence-corrected chi connectivity index (χ2v) is 5.32. The van der Waals surface area contributed by atoms with Crippen LogP contribution in [-0.4, -0.2) is 38.8 Å². The summed E-state index contributed by atoms with van der Waals surface area (Å²) in [6, 6.07) is 13.6. The molecule has 26 heavy (non-hydrogen) atoms. The quantitative estimate of drug-likeness (QED) is 0.730. The highest BCUT2D eigenvalue weighted by Gasteiger charge is 2.18. The second kappa shape index (κ2) is 9.31. The number of anilines is 1. The van der Waals surface area contributed by atoms with Gasteiger partial charge in [0.2, 0.25) is 0 Å². The standard InChI is InChI=1S/C19H21NO6/c1-13(26-17-10-8-16(24-3)9-11-17)19(22)25-12-18(21)20-14-4-6-15(23-2)7-5-14/h4-11,13H,12H2,1-3H3,(H,20,21). The number of hydrogen-bond acceptors (Lipinski definition) is 6. The van der Waals surface area contributed by atoms with Gasteiger partial charge in [-0.25, -0.2) is 4.79 Å². The molecule has 0 radical (unpaired) electrons. The fraction of sp³-hybridized carbons (Fsp3) is 0.263. The first-order valence-electron chi connectivity index (χ1n) is 7.93. The molecule has 2 aromatic rings. The summed E-state index contributed by atoms with van der Waals surface area (Å²) in [4.78, 5) is 23.8. The second-order valence-electron chi connectivity index (χ2n) is 5.32. The van der Waals surface area contributed by atoms with Crippen molar-refractivity contribution >= 4 is 17.6 Å². The fourth-order valence-corrected chi connectivity index (χ4v) is 2.03. The number of benzene rings is 2. The smallest absolute Gasteiger partial charge is 0.347 e. The molecule has 0 aliphatic carbocycles. The van der Waals surface area contributed by atoms with E-state index in [0.29, 0.717) is 22.9 Å². The Morgan fingerprint density at radius 3 is 1.92 bits per heavy atom. The Morgan fingerprint density at radius 2 is 1.38 bits per heavy atom. The van der Waals surface area contributed by atoms with Crippen molar-refractivity contribution in [1.29, 1.82) is 0 Å². The summed E-state index contributed by atoms with van der Waals surface area (Å²) in [5.74, 6) is 0.783. The number of carbonyl (C=O) groups excluding carboxylic acids is 2. The molecule has 0 saturated carbocycles. The third kappa shape index (κ3) is 5.70. The molecule has 138 valence electrons. The summed E-state index contributed by atoms with van der Waals surface area (Å²) < 4.78 is 20.5. The average molecular weight is 359 g/mol. The van der Waals surface area contributed by atoms with E-state index in [-0.39, 0.29) is 0 Å². The maximum Gasteiger partial charge on any atom is 0.347 e. The first-order chi connectivity index (χ1) is 12.5. The van der Waals surface area contributed by atoms with Crippen LogP contribution in [-0.2, 0) is 14.3 Å². The predicted octanol–water partition coefficient (Wildman–Crippen LogP) is 2.65. The first kappa shape index (κ1) is 19.1. The Labute approximate surface area is 151 Å². The highest BCUT2D eigenvalue weighted by atomic mass is 16.6. The zero-order chi connectivity index (χ0) is 18.9. The minimum atomic E-state index is -0.850. The topological polar surface area (TPSA) is 83.1 Å². The molecule has 0 aliphatic heterocycles. The lowest BCUT2D eigenvalue weighted by Gasteiger charge is -2.14. The maximum atomic E-state index is 11.9. The summed E-state index contributed by atoms with van der Waals surface area (Å²) in [7, 11) is 3.12. The van der Waals surface area contributed by atoms with Crippen LogP contribution in [0, 0.1) is 0 Å². The van der Waals surface area contributed by atoms with Crippen LogP contribution in [0.25, 0.3) is 0 Å². The number of carbonyl (C=O) groups is 2. The van der Waals surface area contributed by atoms with E-state index in [1.165, 1.54) is 0 Å². The van der Waals surface area contributed by atoms with E-state index in [9.17, 15) is 9.59 Å². The van der Waals surface area contributed by atoms with Gasteiger partial charge in [0.1, 0.15) is 17.2 Å². The number of rotatable bonds is 8. The van der Waals surface area contributed by atoms with Gasteiger partial charge in [-0.2, -0.15) is 0 Å². The van der Waals surface area contributed by atoms with Crippen LogP contribution < -0.4 is 19.5 Å². The molecule has 0 aliphatic rings. The molecule has 0 bridgehead atoms. The molecule has 7 heteroatoms. The summed E-state index contributed by atoms with van der Waals surface area (Å²) in [6.45, 7) is 1.15. The molecule has 1 amide bonds. The minimum absolute atomic E-state index is 0.402. The molecule has 0 spiro atoms. The van der Waals surface area contributed by atoms with Crippen LogP contribution in [0.4, 0.5) is 5.69 Å². The predicted molar refractivity (Wildman–Crippen MR) is 95.7 cm³/mol. The van der Waals surface area contributed by atoms with Gasteiger partial charge in [-0.3, -0.25) is 4.79 Å². The molecule has 0 aromatic heterocycles. The summed E-state index contributed by atoms with van der Waals surface area (Å²) >= 11 is 0. The molecule has 0 fully saturated rings. The summed E-state index contributed by atoms with van der Waals surface area (Å²) in [5, 5.41) is 2.62. The molecular formula is C19H21NO6. The zero-order valence-electron chi connectivity index (χ0n) is 14.9. The molecule has 7 nitrogen and oxygen atoms in total. The van der Waals surface area contributed by atoms with Gasteiger partial charge in [-0.05, 0) is 55.5 Å². The lowest BCUT2D eigenvalue weighted by atomic mass is 10.3. The molecule has 1 atom stereocenters. The van der Waals surface area contributed by atoms with Crippen molar-refractivity contribution in [3.63, 3.8) is 0 Å². The van der Waals surface area contributed by atoms with Crippen LogP contribution in [0.3, 0.4) is 0 Å². The lowest BCUT2D eigenvalue weighted by Crippen LogP contribution is -2.29. The van der Waals surface area contributed by atoms with E-state index in [0.717, 1.165) is 0 Å². The number of nitrogens with one attached hydrogen (secondary N) is 1. The number of amides is 1. The van der Waals surface area contributed by atoms with E-state index in [1.54, 1.807) is 69.7 Å². The van der Waals surface area contributed by atoms with E-state index >= 15 is 0 Å². The van der Waals surface area contributed by atoms with E-state index in [1.807, 2.05) is 0 Å². The summed E-state index contributed by atoms with van der Waals surface area (Å²) in [6.07, 6.45) is -0.850. The molecule has 2 aromatic carbocycles. The fourth-order valence-electron chi connectivity index (χ4n) is 2.03. The van der Waals surface area contributed by atoms with Gasteiger partial charge < -0.3 is 24.3 Å². The number of hydrogen-bond donors (Lipinski definition) is 1. The van der Waals surface area contributed by atoms with Gasteiger partial charge in [0, 0.05) is 5.69 Å². The average Bonchev–Trinajstić information content (AvgIpc) is 2.67. The Kier molecular flexibility index (Phi) is 6.84. The highest BCUT2D eigenvalue weighted by molar-refractivity contribution is 5.93. The van der Waals surface area contributed by atoms with Crippen LogP contribution in [0.1, 0.15) is 6.92 Å². The first-order valence-corrected chi connectivity index (χ1v) is 7.93. The van der Waals surface area contributed by atoms with Gasteiger partial charge >= 0.3 is 5.97 Å². The van der Waals surface area contributed by atoms with E-state index in [4.69, 9.17) is 18.9 Å². The van der Waals surface area contributed by atoms with Crippen molar-refractivity contribution in [3.8, 4) is 17.2 Å². The highest BCUT2D eigenvalue weighted by Crippen LogP contribution is 2.18. The van der Waals surface area contributed by atoms with Crippen molar-refractivity contribution in [2.45, 2.75) is 13.0 Å². The normalized spacial score (nSPS) is 11.2. The Morgan fingerprint density at radius 1 is 0.885 bits per heavy atom. The molecular weight excluding hydrogens is 338 g/mol. The van der Waals surface area contributed by atoms with Gasteiger partial charge in [0.15, 0.2) is 12.7 Å². The van der Waals surface area contributed by atoms with Crippen molar-refractivity contribution in [2.75, 3.05) is 26.1 Å². The maximum absolute atomic E-state index is 11.9. The molecule has 1 unspecified atom stereocenters. The lowest BCUT2D eigenvalue weighted by molar-refractivity contribution is -0.153. The Hall–Kier alpha value is -3.22. The molecule has 1 N–H and O–H groups in total. The largest absolute Gasteiger partial charge is 0.497 e. The Bertz CT molecular complexity index is 727. The van der Waals surface area contributed by atoms with Crippen LogP contribution in [0.15, 0.2) is 48.5 Å². The third-order valence-electron chi connectivity index (χ3n) is 3.42. The van der Waals surface area contributed by atoms with E-state index < -0.39 is 24.6 Å². The number of ether oxygens (including phenoxy) is 4. The number of methoxy groups -OCH3 is 2. The van der Waals surface area contributed by atoms with Crippen molar-refractivity contribution in [3.05, 3.63) is 48.5 Å². The van der Waals surface area contributed by atoms with Gasteiger partial charge in [-0.15, -0.1) is 0 Å². The van der Waals surface area contributed by atoms with Crippen molar-refractivity contribution < 1.29 is 28.5 Å². The van der Waals surface area contributed by atoms with Crippen LogP contribution >= 0.6 is 0 Å².